The van der Waals surface area contributed by atoms with Gasteiger partial charge < -0.3 is 14.8 Å². The number of carbonyl (C=O) groups is 2. The van der Waals surface area contributed by atoms with Crippen LogP contribution in [-0.2, 0) is 14.3 Å². The van der Waals surface area contributed by atoms with Gasteiger partial charge >= 0.3 is 30.1 Å². The number of alkyl halides is 6. The van der Waals surface area contributed by atoms with E-state index in [1.165, 1.54) is 0 Å². The first kappa shape index (κ1) is 23.4. The third-order valence-electron chi connectivity index (χ3n) is 2.88. The number of anilines is 1. The Morgan fingerprint density at radius 1 is 1.04 bits per heavy atom. The Morgan fingerprint density at radius 3 is 2.11 bits per heavy atom. The first-order valence-electron chi connectivity index (χ1n) is 7.20. The molecule has 158 valence electrons. The fourth-order valence-electron chi connectivity index (χ4n) is 1.73. The third-order valence-corrected chi connectivity index (χ3v) is 2.88. The number of nitrogens with one attached hydrogen (secondary N) is 2. The van der Waals surface area contributed by atoms with E-state index in [9.17, 15) is 44.7 Å². The second-order valence-corrected chi connectivity index (χ2v) is 5.01. The molecular weight excluding hydrogens is 412 g/mol. The molecule has 14 heteroatoms. The van der Waals surface area contributed by atoms with E-state index in [4.69, 9.17) is 0 Å². The minimum Gasteiger partial charge on any atom is -0.462 e. The Morgan fingerprint density at radius 2 is 1.64 bits per heavy atom. The van der Waals surface area contributed by atoms with Gasteiger partial charge in [0.05, 0.1) is 6.61 Å². The smallest absolute Gasteiger partial charge is 0.448 e. The lowest BCUT2D eigenvalue weighted by Crippen LogP contribution is -2.67. The van der Waals surface area contributed by atoms with Crippen molar-refractivity contribution in [1.29, 1.82) is 0 Å². The number of hydrogen-bond donors (Lipinski definition) is 2. The summed E-state index contributed by atoms with van der Waals surface area (Å²) in [5.41, 5.74) is -5.08. The molecule has 0 saturated carbocycles. The monoisotopic (exact) mass is 424 g/mol. The average molecular weight is 424 g/mol. The van der Waals surface area contributed by atoms with Gasteiger partial charge in [-0.25, -0.2) is 18.4 Å². The summed E-state index contributed by atoms with van der Waals surface area (Å²) in [4.78, 5) is 23.5. The molecule has 1 aromatic rings. The summed E-state index contributed by atoms with van der Waals surface area (Å²) in [6, 6.07) is -0.259. The maximum Gasteiger partial charge on any atom is 0.448 e. The SMILES string of the molecule is CCOC(=O)[C@@](NC(=O)Nc1ccc(F)c(F)c1)(OCC(F)(F)F)C(F)(F)F. The number of urea groups is 1. The zero-order valence-corrected chi connectivity index (χ0v) is 13.8. The highest BCUT2D eigenvalue weighted by molar-refractivity contribution is 5.94. The minimum absolute atomic E-state index is 0.380. The third kappa shape index (κ3) is 5.94. The zero-order valence-electron chi connectivity index (χ0n) is 13.8. The van der Waals surface area contributed by atoms with Crippen molar-refractivity contribution in [3.05, 3.63) is 29.8 Å². The van der Waals surface area contributed by atoms with E-state index in [1.807, 2.05) is 0 Å². The first-order valence-corrected chi connectivity index (χ1v) is 7.20. The molecule has 0 radical (unpaired) electrons. The molecule has 0 heterocycles. The Kier molecular flexibility index (Phi) is 7.17. The summed E-state index contributed by atoms with van der Waals surface area (Å²) in [5.74, 6) is -5.18. The molecule has 2 N–H and O–H groups in total. The van der Waals surface area contributed by atoms with Crippen molar-refractivity contribution in [2.45, 2.75) is 25.0 Å². The lowest BCUT2D eigenvalue weighted by atomic mass is 10.2. The molecular formula is C14H12F8N2O4. The maximum atomic E-state index is 13.4. The quantitative estimate of drug-likeness (QED) is 0.417. The Labute approximate surface area is 151 Å². The lowest BCUT2D eigenvalue weighted by Gasteiger charge is -2.33. The van der Waals surface area contributed by atoms with Crippen LogP contribution in [0.25, 0.3) is 0 Å². The van der Waals surface area contributed by atoms with E-state index in [0.717, 1.165) is 18.3 Å². The standard InChI is InChI=1S/C14H12F8N2O4/c1-2-27-10(25)13(14(20,21)22,28-6-12(17,18)19)24-11(26)23-7-3-4-8(15)9(16)5-7/h3-5H,2,6H2,1H3,(H2,23,24,26)/t13-/m1/s1. The van der Waals surface area contributed by atoms with Gasteiger partial charge in [-0.15, -0.1) is 0 Å². The van der Waals surface area contributed by atoms with Crippen molar-refractivity contribution in [2.75, 3.05) is 18.5 Å². The van der Waals surface area contributed by atoms with Gasteiger partial charge in [-0.2, -0.15) is 26.3 Å². The van der Waals surface area contributed by atoms with E-state index < -0.39 is 60.6 Å². The topological polar surface area (TPSA) is 76.7 Å². The first-order chi connectivity index (χ1) is 12.7. The van der Waals surface area contributed by atoms with Crippen molar-refractivity contribution < 1.29 is 54.2 Å². The Hall–Kier alpha value is -2.64. The van der Waals surface area contributed by atoms with Crippen LogP contribution in [0.1, 0.15) is 6.92 Å². The van der Waals surface area contributed by atoms with Crippen LogP contribution in [0.15, 0.2) is 18.2 Å². The van der Waals surface area contributed by atoms with Crippen LogP contribution in [0, 0.1) is 11.6 Å². The van der Waals surface area contributed by atoms with Crippen molar-refractivity contribution in [3.63, 3.8) is 0 Å². The van der Waals surface area contributed by atoms with Gasteiger partial charge in [0, 0.05) is 11.8 Å². The van der Waals surface area contributed by atoms with Gasteiger partial charge in [0.15, 0.2) is 11.6 Å². The molecule has 6 nitrogen and oxygen atoms in total. The summed E-state index contributed by atoms with van der Waals surface area (Å²) in [6.07, 6.45) is -11.2. The van der Waals surface area contributed by atoms with Crippen molar-refractivity contribution >= 4 is 17.7 Å². The molecule has 0 spiro atoms. The largest absolute Gasteiger partial charge is 0.462 e. The molecule has 2 amide bonds. The summed E-state index contributed by atoms with van der Waals surface area (Å²) in [7, 11) is 0. The van der Waals surface area contributed by atoms with E-state index in [2.05, 4.69) is 9.47 Å². The summed E-state index contributed by atoms with van der Waals surface area (Å²) >= 11 is 0. The number of esters is 1. The molecule has 0 aliphatic carbocycles. The number of ether oxygens (including phenoxy) is 2. The van der Waals surface area contributed by atoms with Gasteiger partial charge in [-0.3, -0.25) is 5.32 Å². The Balaban J connectivity index is 3.19. The summed E-state index contributed by atoms with van der Waals surface area (Å²) < 4.78 is 111. The fraction of sp³-hybridized carbons (Fsp3) is 0.429. The number of carbonyl (C=O) groups excluding carboxylic acids is 2. The van der Waals surface area contributed by atoms with Crippen LogP contribution in [0.5, 0.6) is 0 Å². The molecule has 1 atom stereocenters. The molecule has 0 fully saturated rings. The molecule has 0 unspecified atom stereocenters. The summed E-state index contributed by atoms with van der Waals surface area (Å²) in [5, 5.41) is 2.53. The van der Waals surface area contributed by atoms with E-state index in [0.29, 0.717) is 12.1 Å². The van der Waals surface area contributed by atoms with Gasteiger partial charge in [0.1, 0.15) is 6.61 Å². The number of benzene rings is 1. The van der Waals surface area contributed by atoms with Crippen LogP contribution in [-0.4, -0.2) is 43.3 Å². The predicted octanol–water partition coefficient (Wildman–Crippen LogP) is 3.49. The number of amides is 2. The normalized spacial score (nSPS) is 14.2. The van der Waals surface area contributed by atoms with Crippen LogP contribution >= 0.6 is 0 Å². The molecule has 28 heavy (non-hydrogen) atoms. The lowest BCUT2D eigenvalue weighted by molar-refractivity contribution is -0.305. The maximum absolute atomic E-state index is 13.4. The average Bonchev–Trinajstić information content (AvgIpc) is 2.53. The van der Waals surface area contributed by atoms with Crippen LogP contribution in [0.4, 0.5) is 45.6 Å². The van der Waals surface area contributed by atoms with Crippen molar-refractivity contribution in [1.82, 2.24) is 5.32 Å². The van der Waals surface area contributed by atoms with Gasteiger partial charge in [0.2, 0.25) is 0 Å². The fourth-order valence-corrected chi connectivity index (χ4v) is 1.73. The number of rotatable bonds is 6. The second kappa shape index (κ2) is 8.58. The molecule has 0 aliphatic rings. The summed E-state index contributed by atoms with van der Waals surface area (Å²) in [6.45, 7) is -2.18. The second-order valence-electron chi connectivity index (χ2n) is 5.01. The molecule has 1 aromatic carbocycles. The molecule has 0 saturated heterocycles. The van der Waals surface area contributed by atoms with Crippen molar-refractivity contribution in [2.24, 2.45) is 0 Å². The van der Waals surface area contributed by atoms with E-state index in [1.54, 1.807) is 5.32 Å². The van der Waals surface area contributed by atoms with Crippen LogP contribution < -0.4 is 10.6 Å². The highest BCUT2D eigenvalue weighted by Crippen LogP contribution is 2.34. The van der Waals surface area contributed by atoms with Crippen molar-refractivity contribution in [3.8, 4) is 0 Å². The molecule has 0 aliphatic heterocycles. The predicted molar refractivity (Wildman–Crippen MR) is 75.9 cm³/mol. The Bertz CT molecular complexity index is 722. The highest BCUT2D eigenvalue weighted by atomic mass is 19.4. The van der Waals surface area contributed by atoms with Gasteiger partial charge in [-0.05, 0) is 19.1 Å². The van der Waals surface area contributed by atoms with Gasteiger partial charge in [-0.1, -0.05) is 0 Å². The van der Waals surface area contributed by atoms with Gasteiger partial charge in [0.25, 0.3) is 0 Å². The van der Waals surface area contributed by atoms with Crippen LogP contribution in [0.3, 0.4) is 0 Å². The number of hydrogen-bond acceptors (Lipinski definition) is 4. The molecule has 0 aromatic heterocycles. The highest BCUT2D eigenvalue weighted by Gasteiger charge is 2.66. The number of halogens is 8. The van der Waals surface area contributed by atoms with E-state index >= 15 is 0 Å². The van der Waals surface area contributed by atoms with E-state index in [-0.39, 0.29) is 0 Å². The zero-order chi connectivity index (χ0) is 21.8. The minimum atomic E-state index is -5.88. The molecule has 1 rings (SSSR count). The van der Waals surface area contributed by atoms with Crippen LogP contribution in [0.2, 0.25) is 0 Å². The molecule has 0 bridgehead atoms.